The third-order valence-corrected chi connectivity index (χ3v) is 3.75. The molecule has 0 spiro atoms. The van der Waals surface area contributed by atoms with Crippen molar-refractivity contribution in [2.45, 2.75) is 19.1 Å². The number of halogens is 1. The molecule has 0 saturated heterocycles. The van der Waals surface area contributed by atoms with Crippen molar-refractivity contribution in [1.29, 1.82) is 0 Å². The van der Waals surface area contributed by atoms with Crippen molar-refractivity contribution in [2.24, 2.45) is 0 Å². The van der Waals surface area contributed by atoms with Gasteiger partial charge < -0.3 is 19.9 Å². The molecule has 0 aliphatic carbocycles. The van der Waals surface area contributed by atoms with Crippen LogP contribution in [0.4, 0.5) is 4.39 Å². The molecule has 0 bridgehead atoms. The Labute approximate surface area is 135 Å². The van der Waals surface area contributed by atoms with Gasteiger partial charge in [-0.1, -0.05) is 12.1 Å². The standard InChI is InChI=1S/C18H22FNO3/c1-12(13-4-6-15(19)7-5-13)20-11-18(21)14-8-16(22-2)10-17(9-14)23-3/h4-10,12,18,20-21H,11H2,1-3H3/t12-,18-/m1/s1. The minimum Gasteiger partial charge on any atom is -0.497 e. The Hall–Kier alpha value is -2.11. The molecule has 124 valence electrons. The second kappa shape index (κ2) is 7.94. The van der Waals surface area contributed by atoms with Crippen molar-refractivity contribution in [1.82, 2.24) is 5.32 Å². The van der Waals surface area contributed by atoms with Gasteiger partial charge >= 0.3 is 0 Å². The number of nitrogens with one attached hydrogen (secondary N) is 1. The third kappa shape index (κ3) is 4.68. The van der Waals surface area contributed by atoms with E-state index in [1.54, 1.807) is 44.6 Å². The topological polar surface area (TPSA) is 50.7 Å². The van der Waals surface area contributed by atoms with Crippen molar-refractivity contribution in [3.05, 3.63) is 59.4 Å². The predicted molar refractivity (Wildman–Crippen MR) is 87.3 cm³/mol. The van der Waals surface area contributed by atoms with Gasteiger partial charge in [-0.05, 0) is 42.3 Å². The quantitative estimate of drug-likeness (QED) is 0.823. The molecule has 2 aromatic carbocycles. The number of ether oxygens (including phenoxy) is 2. The molecule has 0 aromatic heterocycles. The van der Waals surface area contributed by atoms with Crippen LogP contribution in [-0.4, -0.2) is 25.9 Å². The number of methoxy groups -OCH3 is 2. The van der Waals surface area contributed by atoms with Gasteiger partial charge in [0.1, 0.15) is 17.3 Å². The van der Waals surface area contributed by atoms with Crippen molar-refractivity contribution in [3.63, 3.8) is 0 Å². The lowest BCUT2D eigenvalue weighted by molar-refractivity contribution is 0.170. The molecule has 0 amide bonds. The molecule has 5 heteroatoms. The highest BCUT2D eigenvalue weighted by atomic mass is 19.1. The fourth-order valence-corrected chi connectivity index (χ4v) is 2.30. The molecule has 0 fully saturated rings. The fourth-order valence-electron chi connectivity index (χ4n) is 2.30. The first-order chi connectivity index (χ1) is 11.0. The number of hydrogen-bond donors (Lipinski definition) is 2. The molecule has 0 aliphatic heterocycles. The van der Waals surface area contributed by atoms with Crippen LogP contribution < -0.4 is 14.8 Å². The molecular weight excluding hydrogens is 297 g/mol. The van der Waals surface area contributed by atoms with Gasteiger partial charge in [0, 0.05) is 18.7 Å². The van der Waals surface area contributed by atoms with Gasteiger partial charge in [0.15, 0.2) is 0 Å². The van der Waals surface area contributed by atoms with Crippen LogP contribution in [0.25, 0.3) is 0 Å². The maximum Gasteiger partial charge on any atom is 0.123 e. The van der Waals surface area contributed by atoms with Crippen LogP contribution in [0, 0.1) is 5.82 Å². The Morgan fingerprint density at radius 2 is 1.57 bits per heavy atom. The van der Waals surface area contributed by atoms with Gasteiger partial charge in [0.25, 0.3) is 0 Å². The van der Waals surface area contributed by atoms with E-state index in [-0.39, 0.29) is 11.9 Å². The van der Waals surface area contributed by atoms with E-state index in [1.807, 2.05) is 6.92 Å². The summed E-state index contributed by atoms with van der Waals surface area (Å²) < 4.78 is 23.4. The molecule has 4 nitrogen and oxygen atoms in total. The van der Waals surface area contributed by atoms with E-state index in [0.717, 1.165) is 5.56 Å². The van der Waals surface area contributed by atoms with Gasteiger partial charge in [-0.2, -0.15) is 0 Å². The van der Waals surface area contributed by atoms with Crippen molar-refractivity contribution in [2.75, 3.05) is 20.8 Å². The van der Waals surface area contributed by atoms with Crippen LogP contribution in [0.15, 0.2) is 42.5 Å². The van der Waals surface area contributed by atoms with E-state index in [2.05, 4.69) is 5.32 Å². The maximum absolute atomic E-state index is 12.9. The highest BCUT2D eigenvalue weighted by Gasteiger charge is 2.13. The van der Waals surface area contributed by atoms with Gasteiger partial charge in [-0.15, -0.1) is 0 Å². The lowest BCUT2D eigenvalue weighted by Gasteiger charge is -2.19. The lowest BCUT2D eigenvalue weighted by atomic mass is 10.1. The monoisotopic (exact) mass is 319 g/mol. The van der Waals surface area contributed by atoms with E-state index < -0.39 is 6.10 Å². The van der Waals surface area contributed by atoms with Gasteiger partial charge in [-0.25, -0.2) is 4.39 Å². The number of aliphatic hydroxyl groups excluding tert-OH is 1. The van der Waals surface area contributed by atoms with E-state index >= 15 is 0 Å². The molecular formula is C18H22FNO3. The molecule has 0 aliphatic rings. The zero-order chi connectivity index (χ0) is 16.8. The highest BCUT2D eigenvalue weighted by molar-refractivity contribution is 5.39. The van der Waals surface area contributed by atoms with Gasteiger partial charge in [-0.3, -0.25) is 0 Å². The van der Waals surface area contributed by atoms with Crippen LogP contribution >= 0.6 is 0 Å². The second-order valence-corrected chi connectivity index (χ2v) is 5.34. The van der Waals surface area contributed by atoms with Crippen molar-refractivity contribution in [3.8, 4) is 11.5 Å². The Bertz CT molecular complexity index is 608. The lowest BCUT2D eigenvalue weighted by Crippen LogP contribution is -2.24. The van der Waals surface area contributed by atoms with Gasteiger partial charge in [0.05, 0.1) is 20.3 Å². The summed E-state index contributed by atoms with van der Waals surface area (Å²) in [6.45, 7) is 2.32. The fraction of sp³-hybridized carbons (Fsp3) is 0.333. The Kier molecular flexibility index (Phi) is 5.96. The molecule has 0 saturated carbocycles. The van der Waals surface area contributed by atoms with E-state index in [4.69, 9.17) is 9.47 Å². The number of aliphatic hydroxyl groups is 1. The number of benzene rings is 2. The molecule has 23 heavy (non-hydrogen) atoms. The normalized spacial score (nSPS) is 13.4. The zero-order valence-corrected chi connectivity index (χ0v) is 13.5. The van der Waals surface area contributed by atoms with Crippen LogP contribution in [0.5, 0.6) is 11.5 Å². The SMILES string of the molecule is COc1cc(OC)cc([C@H](O)CN[C@H](C)c2ccc(F)cc2)c1. The summed E-state index contributed by atoms with van der Waals surface area (Å²) in [7, 11) is 3.14. The first-order valence-electron chi connectivity index (χ1n) is 7.43. The summed E-state index contributed by atoms with van der Waals surface area (Å²) >= 11 is 0. The first-order valence-corrected chi connectivity index (χ1v) is 7.43. The van der Waals surface area contributed by atoms with E-state index in [1.165, 1.54) is 12.1 Å². The van der Waals surface area contributed by atoms with Crippen molar-refractivity contribution >= 4 is 0 Å². The van der Waals surface area contributed by atoms with Gasteiger partial charge in [0.2, 0.25) is 0 Å². The average molecular weight is 319 g/mol. The number of hydrogen-bond acceptors (Lipinski definition) is 4. The van der Waals surface area contributed by atoms with Crippen LogP contribution in [0.2, 0.25) is 0 Å². The molecule has 2 atom stereocenters. The minimum atomic E-state index is -0.707. The Morgan fingerprint density at radius 1 is 1.00 bits per heavy atom. The maximum atomic E-state index is 12.9. The average Bonchev–Trinajstić information content (AvgIpc) is 2.59. The van der Waals surface area contributed by atoms with Crippen molar-refractivity contribution < 1.29 is 19.0 Å². The summed E-state index contributed by atoms with van der Waals surface area (Å²) in [5.41, 5.74) is 1.67. The molecule has 2 rings (SSSR count). The first kappa shape index (κ1) is 17.2. The van der Waals surface area contributed by atoms with E-state index in [9.17, 15) is 9.50 Å². The molecule has 0 unspecified atom stereocenters. The second-order valence-electron chi connectivity index (χ2n) is 5.34. The Balaban J connectivity index is 2.01. The summed E-state index contributed by atoms with van der Waals surface area (Å²) in [5.74, 6) is 0.999. The molecule has 0 radical (unpaired) electrons. The molecule has 2 aromatic rings. The Morgan fingerprint density at radius 3 is 2.09 bits per heavy atom. The van der Waals surface area contributed by atoms with E-state index in [0.29, 0.717) is 23.6 Å². The summed E-state index contributed by atoms with van der Waals surface area (Å²) in [4.78, 5) is 0. The highest BCUT2D eigenvalue weighted by Crippen LogP contribution is 2.26. The van der Waals surface area contributed by atoms with Crippen LogP contribution in [0.1, 0.15) is 30.2 Å². The zero-order valence-electron chi connectivity index (χ0n) is 13.5. The molecule has 0 heterocycles. The third-order valence-electron chi connectivity index (χ3n) is 3.75. The minimum absolute atomic E-state index is 0.00208. The summed E-state index contributed by atoms with van der Waals surface area (Å²) in [6.07, 6.45) is -0.707. The number of rotatable bonds is 7. The smallest absolute Gasteiger partial charge is 0.123 e. The predicted octanol–water partition coefficient (Wildman–Crippen LogP) is 3.23. The largest absolute Gasteiger partial charge is 0.497 e. The van der Waals surface area contributed by atoms with Crippen LogP contribution in [-0.2, 0) is 0 Å². The van der Waals surface area contributed by atoms with Crippen LogP contribution in [0.3, 0.4) is 0 Å². The summed E-state index contributed by atoms with van der Waals surface area (Å²) in [6, 6.07) is 11.6. The molecule has 2 N–H and O–H groups in total. The summed E-state index contributed by atoms with van der Waals surface area (Å²) in [5, 5.41) is 13.6.